The highest BCUT2D eigenvalue weighted by atomic mass is 32.2. The number of carbonyl (C=O) groups is 4. The SMILES string of the molecule is C[C@@H](O)[C@H]1C(=O)N2C(C(=O)OCc3ccc([N+](=O)[O-])cc3)=C(S[C@H]3C[C@@H](C[N+]4(CC(N)=O)CCCC4)N(C(=O)OCc4ccc([N+](=O)[O-])cc4)C3)[C@H](C)[C@H]12. The summed E-state index contributed by atoms with van der Waals surface area (Å²) in [4.78, 5) is 77.8. The Bertz CT molecular complexity index is 1850. The van der Waals surface area contributed by atoms with Crippen LogP contribution in [0.3, 0.4) is 0 Å². The molecule has 0 aromatic heterocycles. The maximum absolute atomic E-state index is 13.8. The predicted molar refractivity (Wildman–Crippen MR) is 193 cm³/mol. The van der Waals surface area contributed by atoms with Crippen molar-refractivity contribution in [2.24, 2.45) is 17.6 Å². The molecule has 6 rings (SSSR count). The molecule has 3 fully saturated rings. The van der Waals surface area contributed by atoms with Crippen molar-refractivity contribution in [3.63, 3.8) is 0 Å². The standard InChI is InChI=1S/C36H42N6O11S/c1-21-31-30(22(2)43)34(45)39(31)32(35(46)52-19-23-5-9-25(10-6-23)40(48)49)33(21)54-28-15-27(17-42(18-29(37)44)13-3-4-14-42)38(16-28)36(47)53-20-24-7-11-26(12-8-24)41(50)51/h5-12,21-22,27-28,30-31,43H,3-4,13-20H2,1-2H3,(H-,37,44)/p+1/t21-,22-,27+,28+,30-,31-/m1/s1. The zero-order valence-electron chi connectivity index (χ0n) is 29.9. The average molecular weight is 768 g/mol. The summed E-state index contributed by atoms with van der Waals surface area (Å²) < 4.78 is 11.8. The number of nitrogens with two attached hydrogens (primary N) is 1. The third-order valence-electron chi connectivity index (χ3n) is 10.8. The third kappa shape index (κ3) is 7.90. The number of aliphatic hydroxyl groups excluding tert-OH is 1. The van der Waals surface area contributed by atoms with Crippen molar-refractivity contribution in [3.05, 3.63) is 90.5 Å². The van der Waals surface area contributed by atoms with Crippen molar-refractivity contribution >= 4 is 47.0 Å². The average Bonchev–Trinajstić information content (AvgIpc) is 3.81. The Kier molecular flexibility index (Phi) is 11.3. The van der Waals surface area contributed by atoms with E-state index in [1.165, 1.54) is 72.1 Å². The van der Waals surface area contributed by atoms with Crippen LogP contribution >= 0.6 is 11.8 Å². The van der Waals surface area contributed by atoms with E-state index in [9.17, 15) is 44.5 Å². The first-order chi connectivity index (χ1) is 25.7. The summed E-state index contributed by atoms with van der Waals surface area (Å²) in [5.41, 5.74) is 6.64. The van der Waals surface area contributed by atoms with Gasteiger partial charge < -0.3 is 29.7 Å². The predicted octanol–water partition coefficient (Wildman–Crippen LogP) is 3.22. The maximum atomic E-state index is 13.8. The molecule has 6 atom stereocenters. The van der Waals surface area contributed by atoms with E-state index in [0.717, 1.165) is 25.9 Å². The first-order valence-corrected chi connectivity index (χ1v) is 18.7. The first kappa shape index (κ1) is 38.6. The zero-order valence-corrected chi connectivity index (χ0v) is 30.7. The Morgan fingerprint density at radius 2 is 1.54 bits per heavy atom. The lowest BCUT2D eigenvalue weighted by Crippen LogP contribution is -2.63. The number of esters is 1. The molecule has 2 aromatic rings. The molecule has 54 heavy (non-hydrogen) atoms. The number of hydrogen-bond donors (Lipinski definition) is 2. The van der Waals surface area contributed by atoms with Crippen LogP contribution in [0.25, 0.3) is 0 Å². The summed E-state index contributed by atoms with van der Waals surface area (Å²) in [6.07, 6.45) is 0.755. The Morgan fingerprint density at radius 3 is 2.06 bits per heavy atom. The van der Waals surface area contributed by atoms with E-state index in [-0.39, 0.29) is 60.6 Å². The number of nitrogens with zero attached hydrogens (tertiary/aromatic N) is 5. The molecule has 3 amide bonds. The molecule has 17 nitrogen and oxygen atoms in total. The zero-order chi connectivity index (χ0) is 38.9. The van der Waals surface area contributed by atoms with Crippen LogP contribution in [0.1, 0.15) is 44.2 Å². The number of quaternary nitrogens is 1. The number of β-lactam (4-membered cyclic amide) rings is 1. The molecule has 0 radical (unpaired) electrons. The molecule has 0 bridgehead atoms. The fraction of sp³-hybridized carbons (Fsp3) is 0.500. The number of carbonyl (C=O) groups excluding carboxylic acids is 4. The van der Waals surface area contributed by atoms with Crippen molar-refractivity contribution < 1.29 is 48.1 Å². The summed E-state index contributed by atoms with van der Waals surface area (Å²) in [5.74, 6) is -2.64. The number of rotatable bonds is 14. The number of primary amides is 1. The van der Waals surface area contributed by atoms with Crippen LogP contribution in [0.4, 0.5) is 16.2 Å². The van der Waals surface area contributed by atoms with Crippen molar-refractivity contribution in [1.29, 1.82) is 0 Å². The first-order valence-electron chi connectivity index (χ1n) is 17.8. The number of ether oxygens (including phenoxy) is 2. The Balaban J connectivity index is 1.24. The van der Waals surface area contributed by atoms with Gasteiger partial charge in [-0.3, -0.25) is 34.7 Å². The molecule has 4 heterocycles. The van der Waals surface area contributed by atoms with Gasteiger partial charge in [0.15, 0.2) is 6.54 Å². The van der Waals surface area contributed by atoms with Gasteiger partial charge in [-0.15, -0.1) is 11.8 Å². The maximum Gasteiger partial charge on any atom is 0.410 e. The largest absolute Gasteiger partial charge is 0.456 e. The number of nitro benzene ring substituents is 2. The van der Waals surface area contributed by atoms with Crippen LogP contribution < -0.4 is 5.73 Å². The second-order valence-corrected chi connectivity index (χ2v) is 15.9. The van der Waals surface area contributed by atoms with Gasteiger partial charge in [0.1, 0.15) is 18.9 Å². The van der Waals surface area contributed by atoms with Crippen molar-refractivity contribution in [2.45, 2.75) is 69.8 Å². The van der Waals surface area contributed by atoms with Crippen molar-refractivity contribution in [3.8, 4) is 0 Å². The molecule has 0 unspecified atom stereocenters. The molecular formula is C36H43N6O11S+. The van der Waals surface area contributed by atoms with E-state index >= 15 is 0 Å². The molecule has 0 saturated carbocycles. The number of non-ortho nitro benzene ring substituents is 2. The number of aliphatic hydroxyl groups is 1. The summed E-state index contributed by atoms with van der Waals surface area (Å²) in [7, 11) is 0. The number of likely N-dealkylation sites (tertiary alicyclic amines) is 2. The third-order valence-corrected chi connectivity index (χ3v) is 12.3. The fourth-order valence-corrected chi connectivity index (χ4v) is 9.83. The van der Waals surface area contributed by atoms with E-state index in [1.54, 1.807) is 4.90 Å². The minimum Gasteiger partial charge on any atom is -0.456 e. The number of fused-ring (bicyclic) bond motifs is 1. The van der Waals surface area contributed by atoms with Gasteiger partial charge in [-0.1, -0.05) is 6.92 Å². The van der Waals surface area contributed by atoms with Crippen molar-refractivity contribution in [1.82, 2.24) is 9.80 Å². The summed E-state index contributed by atoms with van der Waals surface area (Å²) in [6.45, 7) is 5.39. The lowest BCUT2D eigenvalue weighted by Gasteiger charge is -2.46. The molecule has 3 saturated heterocycles. The van der Waals surface area contributed by atoms with E-state index in [1.807, 2.05) is 6.92 Å². The van der Waals surface area contributed by atoms with Gasteiger partial charge in [0, 0.05) is 59.7 Å². The second kappa shape index (κ2) is 15.7. The smallest absolute Gasteiger partial charge is 0.410 e. The molecule has 0 spiro atoms. The second-order valence-electron chi connectivity index (χ2n) is 14.5. The molecule has 3 N–H and O–H groups in total. The number of hydrogen-bond acceptors (Lipinski definition) is 12. The highest BCUT2D eigenvalue weighted by molar-refractivity contribution is 8.03. The number of benzene rings is 2. The van der Waals surface area contributed by atoms with Gasteiger partial charge in [-0.25, -0.2) is 9.59 Å². The Labute approximate surface area is 314 Å². The molecular weight excluding hydrogens is 724 g/mol. The van der Waals surface area contributed by atoms with Gasteiger partial charge >= 0.3 is 12.1 Å². The van der Waals surface area contributed by atoms with E-state index in [4.69, 9.17) is 15.2 Å². The van der Waals surface area contributed by atoms with Crippen LogP contribution in [-0.4, -0.2) is 109 Å². The minimum absolute atomic E-state index is 0.0776. The molecule has 4 aliphatic heterocycles. The lowest BCUT2D eigenvalue weighted by molar-refractivity contribution is -0.910. The van der Waals surface area contributed by atoms with Gasteiger partial charge in [0.2, 0.25) is 5.91 Å². The molecule has 18 heteroatoms. The highest BCUT2D eigenvalue weighted by Gasteiger charge is 2.60. The lowest BCUT2D eigenvalue weighted by atomic mass is 9.79. The molecule has 288 valence electrons. The summed E-state index contributed by atoms with van der Waals surface area (Å²) in [5, 5.41) is 32.4. The van der Waals surface area contributed by atoms with Crippen molar-refractivity contribution in [2.75, 3.05) is 32.7 Å². The molecule has 4 aliphatic rings. The Hall–Kier alpha value is -5.07. The minimum atomic E-state index is -0.953. The molecule has 2 aromatic carbocycles. The van der Waals surface area contributed by atoms with Crippen LogP contribution in [0.15, 0.2) is 59.1 Å². The van der Waals surface area contributed by atoms with Crippen LogP contribution in [0.5, 0.6) is 0 Å². The topological polar surface area (TPSA) is 226 Å². The van der Waals surface area contributed by atoms with E-state index < -0.39 is 51.8 Å². The van der Waals surface area contributed by atoms with Crippen LogP contribution in [-0.2, 0) is 37.1 Å². The summed E-state index contributed by atoms with van der Waals surface area (Å²) in [6, 6.07) is 10.4. The normalized spacial score (nSPS) is 24.9. The number of nitro groups is 2. The summed E-state index contributed by atoms with van der Waals surface area (Å²) >= 11 is 1.38. The number of thioether (sulfide) groups is 1. The van der Waals surface area contributed by atoms with E-state index in [2.05, 4.69) is 0 Å². The van der Waals surface area contributed by atoms with Gasteiger partial charge in [-0.05, 0) is 48.7 Å². The van der Waals surface area contributed by atoms with Gasteiger partial charge in [0.05, 0.1) is 53.6 Å². The highest BCUT2D eigenvalue weighted by Crippen LogP contribution is 2.52. The fourth-order valence-electron chi connectivity index (χ4n) is 8.27. The Morgan fingerprint density at radius 1 is 0.981 bits per heavy atom. The van der Waals surface area contributed by atoms with E-state index in [0.29, 0.717) is 33.5 Å². The molecule has 0 aliphatic carbocycles. The quantitative estimate of drug-likeness (QED) is 0.0929. The van der Waals surface area contributed by atoms with Gasteiger partial charge in [-0.2, -0.15) is 0 Å². The van der Waals surface area contributed by atoms with Crippen LogP contribution in [0, 0.1) is 32.1 Å². The van der Waals surface area contributed by atoms with Crippen LogP contribution in [0.2, 0.25) is 0 Å². The number of amides is 3. The monoisotopic (exact) mass is 767 g/mol. The van der Waals surface area contributed by atoms with Gasteiger partial charge in [0.25, 0.3) is 17.3 Å².